The Balaban J connectivity index is 1.81. The van der Waals surface area contributed by atoms with Crippen LogP contribution in [0.15, 0.2) is 42.5 Å². The maximum Gasteiger partial charge on any atom is 0.325 e. The van der Waals surface area contributed by atoms with Crippen molar-refractivity contribution in [1.29, 1.82) is 0 Å². The zero-order valence-corrected chi connectivity index (χ0v) is 16.2. The predicted molar refractivity (Wildman–Crippen MR) is 105 cm³/mol. The van der Waals surface area contributed by atoms with E-state index in [0.717, 1.165) is 11.1 Å². The summed E-state index contributed by atoms with van der Waals surface area (Å²) in [5, 5.41) is 5.19. The second-order valence-electron chi connectivity index (χ2n) is 6.09. The molecule has 2 rings (SSSR count). The van der Waals surface area contributed by atoms with E-state index < -0.39 is 24.4 Å². The number of ether oxygens (including phenoxy) is 2. The molecule has 0 saturated heterocycles. The zero-order chi connectivity index (χ0) is 20.5. The third-order valence-corrected chi connectivity index (χ3v) is 3.93. The van der Waals surface area contributed by atoms with E-state index in [1.165, 1.54) is 0 Å². The van der Waals surface area contributed by atoms with Gasteiger partial charge in [-0.2, -0.15) is 0 Å². The summed E-state index contributed by atoms with van der Waals surface area (Å²) in [6, 6.07) is 12.4. The molecule has 0 saturated carbocycles. The number of benzene rings is 2. The van der Waals surface area contributed by atoms with Crippen LogP contribution in [0.5, 0.6) is 5.75 Å². The molecular weight excluding hydrogens is 360 g/mol. The van der Waals surface area contributed by atoms with Crippen LogP contribution in [0, 0.1) is 13.8 Å². The summed E-state index contributed by atoms with van der Waals surface area (Å²) in [6.45, 7) is 5.21. The largest absolute Gasteiger partial charge is 0.493 e. The van der Waals surface area contributed by atoms with Crippen LogP contribution in [0.2, 0.25) is 0 Å². The molecule has 0 heterocycles. The first-order valence-electron chi connectivity index (χ1n) is 8.94. The Hall–Kier alpha value is -3.35. The van der Waals surface area contributed by atoms with Crippen molar-refractivity contribution >= 4 is 23.5 Å². The molecule has 0 aliphatic heterocycles. The number of hydrogen-bond donors (Lipinski definition) is 2. The number of rotatable bonds is 8. The van der Waals surface area contributed by atoms with E-state index in [1.807, 2.05) is 39.0 Å². The standard InChI is InChI=1S/C21H24N2O5/c1-4-27-17-11-6-5-10-16(17)21(26)22-12-19(25)28-13-18(24)23-20-14(2)8-7-9-15(20)3/h5-11H,4,12-13H2,1-3H3,(H,22,26)(H,23,24). The van der Waals surface area contributed by atoms with Gasteiger partial charge >= 0.3 is 5.97 Å². The summed E-state index contributed by atoms with van der Waals surface area (Å²) < 4.78 is 10.3. The minimum Gasteiger partial charge on any atom is -0.493 e. The van der Waals surface area contributed by atoms with Crippen LogP contribution in [0.25, 0.3) is 0 Å². The number of carbonyl (C=O) groups excluding carboxylic acids is 3. The van der Waals surface area contributed by atoms with Crippen molar-refractivity contribution in [1.82, 2.24) is 5.32 Å². The number of amides is 2. The van der Waals surface area contributed by atoms with Crippen molar-refractivity contribution in [3.05, 3.63) is 59.2 Å². The smallest absolute Gasteiger partial charge is 0.325 e. The lowest BCUT2D eigenvalue weighted by atomic mass is 10.1. The average Bonchev–Trinajstić information content (AvgIpc) is 2.68. The Morgan fingerprint density at radius 1 is 0.964 bits per heavy atom. The second-order valence-corrected chi connectivity index (χ2v) is 6.09. The summed E-state index contributed by atoms with van der Waals surface area (Å²) in [7, 11) is 0. The first-order chi connectivity index (χ1) is 13.4. The van der Waals surface area contributed by atoms with Crippen LogP contribution in [0.3, 0.4) is 0 Å². The van der Waals surface area contributed by atoms with Gasteiger partial charge in [0.2, 0.25) is 0 Å². The van der Waals surface area contributed by atoms with Gasteiger partial charge in [-0.05, 0) is 44.0 Å². The number of anilines is 1. The first kappa shape index (κ1) is 21.0. The fourth-order valence-electron chi connectivity index (χ4n) is 2.57. The lowest BCUT2D eigenvalue weighted by molar-refractivity contribution is -0.146. The molecule has 2 amide bonds. The van der Waals surface area contributed by atoms with E-state index in [2.05, 4.69) is 10.6 Å². The molecule has 0 fully saturated rings. The third kappa shape index (κ3) is 5.84. The fraction of sp³-hybridized carbons (Fsp3) is 0.286. The molecule has 7 nitrogen and oxygen atoms in total. The number of nitrogens with one attached hydrogen (secondary N) is 2. The van der Waals surface area contributed by atoms with Crippen molar-refractivity contribution in [2.24, 2.45) is 0 Å². The van der Waals surface area contributed by atoms with Crippen LogP contribution >= 0.6 is 0 Å². The first-order valence-corrected chi connectivity index (χ1v) is 8.94. The highest BCUT2D eigenvalue weighted by Gasteiger charge is 2.15. The Kier molecular flexibility index (Phi) is 7.56. The highest BCUT2D eigenvalue weighted by Crippen LogP contribution is 2.19. The normalized spacial score (nSPS) is 10.1. The van der Waals surface area contributed by atoms with Gasteiger partial charge in [0.05, 0.1) is 12.2 Å². The van der Waals surface area contributed by atoms with Crippen LogP contribution in [-0.4, -0.2) is 37.5 Å². The molecule has 0 radical (unpaired) electrons. The molecule has 0 bridgehead atoms. The van der Waals surface area contributed by atoms with Crippen molar-refractivity contribution in [2.45, 2.75) is 20.8 Å². The van der Waals surface area contributed by atoms with Gasteiger partial charge in [-0.15, -0.1) is 0 Å². The molecule has 2 N–H and O–H groups in total. The molecule has 0 atom stereocenters. The van der Waals surface area contributed by atoms with Gasteiger partial charge in [0, 0.05) is 5.69 Å². The van der Waals surface area contributed by atoms with Crippen LogP contribution in [-0.2, 0) is 14.3 Å². The Morgan fingerprint density at radius 3 is 2.32 bits per heavy atom. The van der Waals surface area contributed by atoms with E-state index in [1.54, 1.807) is 24.3 Å². The third-order valence-electron chi connectivity index (χ3n) is 3.93. The van der Waals surface area contributed by atoms with Crippen molar-refractivity contribution < 1.29 is 23.9 Å². The van der Waals surface area contributed by atoms with Gasteiger partial charge in [0.25, 0.3) is 11.8 Å². The number of carbonyl (C=O) groups is 3. The number of aryl methyl sites for hydroxylation is 2. The molecule has 148 valence electrons. The summed E-state index contributed by atoms with van der Waals surface area (Å²) in [5.74, 6) is -1.18. The summed E-state index contributed by atoms with van der Waals surface area (Å²) in [6.07, 6.45) is 0. The number of esters is 1. The zero-order valence-electron chi connectivity index (χ0n) is 16.2. The maximum atomic E-state index is 12.2. The summed E-state index contributed by atoms with van der Waals surface area (Å²) in [4.78, 5) is 36.1. The summed E-state index contributed by atoms with van der Waals surface area (Å²) >= 11 is 0. The molecular formula is C21H24N2O5. The Labute approximate surface area is 164 Å². The van der Waals surface area contributed by atoms with Crippen molar-refractivity contribution in [3.63, 3.8) is 0 Å². The van der Waals surface area contributed by atoms with E-state index in [4.69, 9.17) is 9.47 Å². The average molecular weight is 384 g/mol. The quantitative estimate of drug-likeness (QED) is 0.683. The Morgan fingerprint density at radius 2 is 1.64 bits per heavy atom. The Bertz CT molecular complexity index is 843. The van der Waals surface area contributed by atoms with Gasteiger partial charge in [-0.25, -0.2) is 0 Å². The minimum absolute atomic E-state index is 0.324. The fourth-order valence-corrected chi connectivity index (χ4v) is 2.57. The molecule has 0 aliphatic carbocycles. The van der Waals surface area contributed by atoms with Gasteiger partial charge in [0.15, 0.2) is 6.61 Å². The molecule has 28 heavy (non-hydrogen) atoms. The lowest BCUT2D eigenvalue weighted by Gasteiger charge is -2.12. The molecule has 0 aliphatic rings. The van der Waals surface area contributed by atoms with Crippen LogP contribution < -0.4 is 15.4 Å². The van der Waals surface area contributed by atoms with Gasteiger partial charge < -0.3 is 20.1 Å². The lowest BCUT2D eigenvalue weighted by Crippen LogP contribution is -2.32. The van der Waals surface area contributed by atoms with Crippen molar-refractivity contribution in [2.75, 3.05) is 25.1 Å². The monoisotopic (exact) mass is 384 g/mol. The molecule has 2 aromatic rings. The number of hydrogen-bond acceptors (Lipinski definition) is 5. The summed E-state index contributed by atoms with van der Waals surface area (Å²) in [5.41, 5.74) is 2.86. The number of para-hydroxylation sites is 2. The van der Waals surface area contributed by atoms with E-state index >= 15 is 0 Å². The topological polar surface area (TPSA) is 93.7 Å². The van der Waals surface area contributed by atoms with Crippen LogP contribution in [0.4, 0.5) is 5.69 Å². The maximum absolute atomic E-state index is 12.2. The van der Waals surface area contributed by atoms with Gasteiger partial charge in [0.1, 0.15) is 12.3 Å². The molecule has 0 aromatic heterocycles. The molecule has 7 heteroatoms. The predicted octanol–water partition coefficient (Wildman–Crippen LogP) is 2.61. The highest BCUT2D eigenvalue weighted by atomic mass is 16.5. The van der Waals surface area contributed by atoms with Gasteiger partial charge in [-0.3, -0.25) is 14.4 Å². The van der Waals surface area contributed by atoms with Crippen molar-refractivity contribution in [3.8, 4) is 5.75 Å². The molecule has 0 unspecified atom stereocenters. The SMILES string of the molecule is CCOc1ccccc1C(=O)NCC(=O)OCC(=O)Nc1c(C)cccc1C. The minimum atomic E-state index is -0.709. The molecule has 2 aromatic carbocycles. The van der Waals surface area contributed by atoms with Crippen LogP contribution in [0.1, 0.15) is 28.4 Å². The second kappa shape index (κ2) is 10.1. The van der Waals surface area contributed by atoms with E-state index in [0.29, 0.717) is 23.6 Å². The van der Waals surface area contributed by atoms with Gasteiger partial charge in [-0.1, -0.05) is 30.3 Å². The highest BCUT2D eigenvalue weighted by molar-refractivity contribution is 5.98. The van der Waals surface area contributed by atoms with E-state index in [9.17, 15) is 14.4 Å². The van der Waals surface area contributed by atoms with E-state index in [-0.39, 0.29) is 6.54 Å². The molecule has 0 spiro atoms.